The van der Waals surface area contributed by atoms with Crippen molar-refractivity contribution in [3.05, 3.63) is 40.2 Å². The molecule has 26 heavy (non-hydrogen) atoms. The Morgan fingerprint density at radius 1 is 1.19 bits per heavy atom. The van der Waals surface area contributed by atoms with Gasteiger partial charge < -0.3 is 19.2 Å². The number of hydrogen-bond donors (Lipinski definition) is 1. The Morgan fingerprint density at radius 2 is 2.00 bits per heavy atom. The number of esters is 2. The fraction of sp³-hybridized carbons (Fsp3) is 0.389. The van der Waals surface area contributed by atoms with Crippen molar-refractivity contribution in [1.82, 2.24) is 0 Å². The molecule has 138 valence electrons. The Balaban J connectivity index is 1.70. The summed E-state index contributed by atoms with van der Waals surface area (Å²) in [5, 5.41) is 3.13. The normalized spacial score (nSPS) is 13.0. The van der Waals surface area contributed by atoms with E-state index in [-0.39, 0.29) is 12.4 Å². The maximum Gasteiger partial charge on any atom is 0.374 e. The SMILES string of the molecule is CCOC(=O)c1c(NC(=O)COC(=O)c2ccco2)sc2c1CCCC2. The summed E-state index contributed by atoms with van der Waals surface area (Å²) in [4.78, 5) is 37.3. The highest BCUT2D eigenvalue weighted by atomic mass is 32.1. The van der Waals surface area contributed by atoms with Crippen LogP contribution in [-0.2, 0) is 27.1 Å². The van der Waals surface area contributed by atoms with Crippen LogP contribution in [0.4, 0.5) is 5.00 Å². The van der Waals surface area contributed by atoms with E-state index in [4.69, 9.17) is 13.9 Å². The van der Waals surface area contributed by atoms with Crippen molar-refractivity contribution in [3.8, 4) is 0 Å². The van der Waals surface area contributed by atoms with E-state index in [1.54, 1.807) is 13.0 Å². The van der Waals surface area contributed by atoms with Gasteiger partial charge in [0.1, 0.15) is 5.00 Å². The van der Waals surface area contributed by atoms with Crippen molar-refractivity contribution in [2.24, 2.45) is 0 Å². The number of fused-ring (bicyclic) bond motifs is 1. The zero-order valence-corrected chi connectivity index (χ0v) is 15.1. The fourth-order valence-corrected chi connectivity index (χ4v) is 4.13. The van der Waals surface area contributed by atoms with Crippen molar-refractivity contribution in [2.75, 3.05) is 18.5 Å². The van der Waals surface area contributed by atoms with Crippen molar-refractivity contribution >= 4 is 34.2 Å². The van der Waals surface area contributed by atoms with Gasteiger partial charge in [0.15, 0.2) is 6.61 Å². The molecule has 1 aliphatic rings. The number of amides is 1. The third-order valence-corrected chi connectivity index (χ3v) is 5.17. The minimum atomic E-state index is -0.721. The van der Waals surface area contributed by atoms with Crippen LogP contribution < -0.4 is 5.32 Å². The van der Waals surface area contributed by atoms with Gasteiger partial charge in [-0.25, -0.2) is 9.59 Å². The lowest BCUT2D eigenvalue weighted by molar-refractivity contribution is -0.119. The molecule has 8 heteroatoms. The monoisotopic (exact) mass is 377 g/mol. The molecule has 0 radical (unpaired) electrons. The van der Waals surface area contributed by atoms with E-state index in [0.717, 1.165) is 36.1 Å². The Bertz CT molecular complexity index is 808. The summed E-state index contributed by atoms with van der Waals surface area (Å²) in [6.07, 6.45) is 5.09. The highest BCUT2D eigenvalue weighted by molar-refractivity contribution is 7.17. The first kappa shape index (κ1) is 18.2. The van der Waals surface area contributed by atoms with Crippen LogP contribution in [0.1, 0.15) is 51.1 Å². The summed E-state index contributed by atoms with van der Waals surface area (Å²) in [5.41, 5.74) is 1.39. The number of aryl methyl sites for hydroxylation is 1. The summed E-state index contributed by atoms with van der Waals surface area (Å²) in [6, 6.07) is 3.00. The summed E-state index contributed by atoms with van der Waals surface area (Å²) in [5.74, 6) is -1.65. The van der Waals surface area contributed by atoms with Gasteiger partial charge in [-0.1, -0.05) is 0 Å². The first-order valence-corrected chi connectivity index (χ1v) is 9.24. The van der Waals surface area contributed by atoms with Gasteiger partial charge in [0.2, 0.25) is 5.76 Å². The predicted molar refractivity (Wildman–Crippen MR) is 94.5 cm³/mol. The van der Waals surface area contributed by atoms with E-state index in [2.05, 4.69) is 5.32 Å². The van der Waals surface area contributed by atoms with Gasteiger partial charge >= 0.3 is 11.9 Å². The molecule has 2 heterocycles. The number of carbonyl (C=O) groups is 3. The Hall–Kier alpha value is -2.61. The zero-order valence-electron chi connectivity index (χ0n) is 14.3. The summed E-state index contributed by atoms with van der Waals surface area (Å²) < 4.78 is 15.0. The molecule has 1 aliphatic carbocycles. The van der Waals surface area contributed by atoms with Crippen LogP contribution in [-0.4, -0.2) is 31.1 Å². The Morgan fingerprint density at radius 3 is 2.73 bits per heavy atom. The molecule has 1 N–H and O–H groups in total. The maximum absolute atomic E-state index is 12.3. The molecule has 0 spiro atoms. The van der Waals surface area contributed by atoms with Gasteiger partial charge in [0.05, 0.1) is 18.4 Å². The molecule has 0 saturated carbocycles. The maximum atomic E-state index is 12.3. The smallest absolute Gasteiger partial charge is 0.374 e. The highest BCUT2D eigenvalue weighted by Gasteiger charge is 2.27. The van der Waals surface area contributed by atoms with E-state index < -0.39 is 24.5 Å². The molecule has 7 nitrogen and oxygen atoms in total. The van der Waals surface area contributed by atoms with Crippen LogP contribution in [0.15, 0.2) is 22.8 Å². The third-order valence-electron chi connectivity index (χ3n) is 3.96. The second-order valence-corrected chi connectivity index (χ2v) is 6.84. The van der Waals surface area contributed by atoms with E-state index in [1.165, 1.54) is 23.7 Å². The van der Waals surface area contributed by atoms with Gasteiger partial charge in [-0.2, -0.15) is 0 Å². The number of ether oxygens (including phenoxy) is 2. The van der Waals surface area contributed by atoms with Crippen LogP contribution in [0.5, 0.6) is 0 Å². The molecule has 0 unspecified atom stereocenters. The lowest BCUT2D eigenvalue weighted by Crippen LogP contribution is -2.21. The lowest BCUT2D eigenvalue weighted by Gasteiger charge is -2.12. The summed E-state index contributed by atoms with van der Waals surface area (Å²) in [6.45, 7) is 1.53. The van der Waals surface area contributed by atoms with E-state index in [1.807, 2.05) is 0 Å². The molecule has 0 aliphatic heterocycles. The van der Waals surface area contributed by atoms with Crippen molar-refractivity contribution < 1.29 is 28.3 Å². The molecule has 3 rings (SSSR count). The number of nitrogens with one attached hydrogen (secondary N) is 1. The number of thiophene rings is 1. The number of anilines is 1. The van der Waals surface area contributed by atoms with Crippen LogP contribution in [0.3, 0.4) is 0 Å². The standard InChI is InChI=1S/C18H19NO6S/c1-2-23-18(22)15-11-6-3-4-8-13(11)26-16(15)19-14(20)10-25-17(21)12-7-5-9-24-12/h5,7,9H,2-4,6,8,10H2,1H3,(H,19,20). The van der Waals surface area contributed by atoms with Crippen LogP contribution in [0, 0.1) is 0 Å². The van der Waals surface area contributed by atoms with Crippen molar-refractivity contribution in [2.45, 2.75) is 32.6 Å². The predicted octanol–water partition coefficient (Wildman–Crippen LogP) is 3.19. The first-order chi connectivity index (χ1) is 12.6. The van der Waals surface area contributed by atoms with Crippen LogP contribution >= 0.6 is 11.3 Å². The van der Waals surface area contributed by atoms with E-state index in [0.29, 0.717) is 10.6 Å². The molecule has 0 aromatic carbocycles. The van der Waals surface area contributed by atoms with Gasteiger partial charge in [-0.3, -0.25) is 4.79 Å². The Labute approximate surface area is 154 Å². The second-order valence-electron chi connectivity index (χ2n) is 5.74. The molecular formula is C18H19NO6S. The Kier molecular flexibility index (Phi) is 5.72. The molecular weight excluding hydrogens is 358 g/mol. The number of furan rings is 1. The van der Waals surface area contributed by atoms with Gasteiger partial charge in [0, 0.05) is 4.88 Å². The average molecular weight is 377 g/mol. The third kappa shape index (κ3) is 3.96. The highest BCUT2D eigenvalue weighted by Crippen LogP contribution is 2.38. The molecule has 2 aromatic rings. The zero-order chi connectivity index (χ0) is 18.5. The second kappa shape index (κ2) is 8.18. The molecule has 0 fully saturated rings. The number of carbonyl (C=O) groups excluding carboxylic acids is 3. The minimum Gasteiger partial charge on any atom is -0.462 e. The van der Waals surface area contributed by atoms with E-state index in [9.17, 15) is 14.4 Å². The van der Waals surface area contributed by atoms with Gasteiger partial charge in [-0.05, 0) is 50.3 Å². The van der Waals surface area contributed by atoms with Gasteiger partial charge in [0.25, 0.3) is 5.91 Å². The fourth-order valence-electron chi connectivity index (χ4n) is 2.83. The molecule has 0 saturated heterocycles. The number of hydrogen-bond acceptors (Lipinski definition) is 7. The van der Waals surface area contributed by atoms with Crippen molar-refractivity contribution in [3.63, 3.8) is 0 Å². The minimum absolute atomic E-state index is 0.0246. The van der Waals surface area contributed by atoms with Crippen molar-refractivity contribution in [1.29, 1.82) is 0 Å². The lowest BCUT2D eigenvalue weighted by atomic mass is 9.95. The van der Waals surface area contributed by atoms with Crippen LogP contribution in [0.25, 0.3) is 0 Å². The average Bonchev–Trinajstić information content (AvgIpc) is 3.27. The number of rotatable bonds is 6. The molecule has 0 atom stereocenters. The van der Waals surface area contributed by atoms with Gasteiger partial charge in [-0.15, -0.1) is 11.3 Å². The van der Waals surface area contributed by atoms with E-state index >= 15 is 0 Å². The summed E-state index contributed by atoms with van der Waals surface area (Å²) in [7, 11) is 0. The van der Waals surface area contributed by atoms with Crippen LogP contribution in [0.2, 0.25) is 0 Å². The quantitative estimate of drug-likeness (QED) is 0.777. The summed E-state index contributed by atoms with van der Waals surface area (Å²) >= 11 is 1.38. The first-order valence-electron chi connectivity index (χ1n) is 8.42. The molecule has 0 bridgehead atoms. The molecule has 2 aromatic heterocycles. The topological polar surface area (TPSA) is 94.8 Å². The molecule has 1 amide bonds. The largest absolute Gasteiger partial charge is 0.462 e.